The molecule has 0 radical (unpaired) electrons. The Balaban J connectivity index is 2.90. The van der Waals surface area contributed by atoms with Crippen LogP contribution in [0.25, 0.3) is 0 Å². The van der Waals surface area contributed by atoms with Gasteiger partial charge in [-0.15, -0.1) is 0 Å². The number of nitro groups is 1. The van der Waals surface area contributed by atoms with Crippen LogP contribution in [0.15, 0.2) is 18.2 Å². The molecule has 0 aliphatic heterocycles. The Bertz CT molecular complexity index is 422. The highest BCUT2D eigenvalue weighted by Crippen LogP contribution is 2.26. The van der Waals surface area contributed by atoms with Gasteiger partial charge >= 0.3 is 0 Å². The van der Waals surface area contributed by atoms with E-state index in [2.05, 4.69) is 10.1 Å². The SMILES string of the molecule is COCC(=O)Nc1cc([N+](=O)[O-])ccc1Cl. The summed E-state index contributed by atoms with van der Waals surface area (Å²) >= 11 is 5.77. The third-order valence-electron chi connectivity index (χ3n) is 1.71. The second-order valence-electron chi connectivity index (χ2n) is 2.90. The van der Waals surface area contributed by atoms with Crippen LogP contribution in [-0.4, -0.2) is 24.5 Å². The number of carbonyl (C=O) groups excluding carboxylic acids is 1. The second-order valence-corrected chi connectivity index (χ2v) is 3.31. The number of hydrogen-bond donors (Lipinski definition) is 1. The molecule has 1 amide bonds. The number of rotatable bonds is 4. The van der Waals surface area contributed by atoms with Gasteiger partial charge in [0.05, 0.1) is 15.6 Å². The number of anilines is 1. The summed E-state index contributed by atoms with van der Waals surface area (Å²) in [6.07, 6.45) is 0. The van der Waals surface area contributed by atoms with E-state index in [-0.39, 0.29) is 23.0 Å². The molecule has 0 saturated carbocycles. The summed E-state index contributed by atoms with van der Waals surface area (Å²) in [5.74, 6) is -0.426. The fourth-order valence-corrected chi connectivity index (χ4v) is 1.20. The molecule has 16 heavy (non-hydrogen) atoms. The van der Waals surface area contributed by atoms with Gasteiger partial charge in [-0.25, -0.2) is 0 Å². The lowest BCUT2D eigenvalue weighted by Gasteiger charge is -2.06. The Hall–Kier alpha value is -1.66. The molecule has 1 rings (SSSR count). The molecule has 0 fully saturated rings. The topological polar surface area (TPSA) is 81.5 Å². The zero-order chi connectivity index (χ0) is 12.1. The summed E-state index contributed by atoms with van der Waals surface area (Å²) in [6, 6.07) is 3.80. The normalized spacial score (nSPS) is 9.88. The van der Waals surface area contributed by atoms with Gasteiger partial charge in [-0.3, -0.25) is 14.9 Å². The summed E-state index contributed by atoms with van der Waals surface area (Å²) in [4.78, 5) is 21.1. The first-order chi connectivity index (χ1) is 7.54. The Labute approximate surface area is 96.3 Å². The van der Waals surface area contributed by atoms with Gasteiger partial charge in [0, 0.05) is 19.2 Å². The number of hydrogen-bond acceptors (Lipinski definition) is 4. The largest absolute Gasteiger partial charge is 0.375 e. The van der Waals surface area contributed by atoms with Crippen molar-refractivity contribution in [2.75, 3.05) is 19.0 Å². The van der Waals surface area contributed by atoms with Crippen LogP contribution >= 0.6 is 11.6 Å². The van der Waals surface area contributed by atoms with Gasteiger partial charge in [-0.2, -0.15) is 0 Å². The fourth-order valence-electron chi connectivity index (χ4n) is 1.04. The molecule has 0 unspecified atom stereocenters. The summed E-state index contributed by atoms with van der Waals surface area (Å²) in [6.45, 7) is -0.140. The first-order valence-corrected chi connectivity index (χ1v) is 4.65. The van der Waals surface area contributed by atoms with E-state index in [1.807, 2.05) is 0 Å². The minimum atomic E-state index is -0.567. The highest BCUT2D eigenvalue weighted by molar-refractivity contribution is 6.33. The third kappa shape index (κ3) is 3.18. The maximum atomic E-state index is 11.2. The number of methoxy groups -OCH3 is 1. The van der Waals surface area contributed by atoms with E-state index in [9.17, 15) is 14.9 Å². The molecule has 1 aromatic rings. The van der Waals surface area contributed by atoms with Crippen LogP contribution in [0.2, 0.25) is 5.02 Å². The van der Waals surface area contributed by atoms with E-state index >= 15 is 0 Å². The van der Waals surface area contributed by atoms with Gasteiger partial charge in [-0.1, -0.05) is 11.6 Å². The van der Waals surface area contributed by atoms with Crippen LogP contribution < -0.4 is 5.32 Å². The van der Waals surface area contributed by atoms with Gasteiger partial charge < -0.3 is 10.1 Å². The lowest BCUT2D eigenvalue weighted by atomic mass is 10.3. The third-order valence-corrected chi connectivity index (χ3v) is 2.04. The van der Waals surface area contributed by atoms with Crippen molar-refractivity contribution in [1.29, 1.82) is 0 Å². The lowest BCUT2D eigenvalue weighted by molar-refractivity contribution is -0.384. The van der Waals surface area contributed by atoms with Crippen molar-refractivity contribution in [3.8, 4) is 0 Å². The number of halogens is 1. The monoisotopic (exact) mass is 244 g/mol. The average Bonchev–Trinajstić information content (AvgIpc) is 2.21. The molecular formula is C9H9ClN2O4. The summed E-state index contributed by atoms with van der Waals surface area (Å²) in [5, 5.41) is 13.1. The number of amides is 1. The number of non-ortho nitro benzene ring substituents is 1. The molecule has 0 saturated heterocycles. The van der Waals surface area contributed by atoms with Gasteiger partial charge in [0.2, 0.25) is 5.91 Å². The maximum Gasteiger partial charge on any atom is 0.271 e. The molecule has 0 aliphatic rings. The zero-order valence-corrected chi connectivity index (χ0v) is 9.15. The number of carbonyl (C=O) groups is 1. The van der Waals surface area contributed by atoms with Crippen molar-refractivity contribution in [2.45, 2.75) is 0 Å². The van der Waals surface area contributed by atoms with Crippen molar-refractivity contribution in [2.24, 2.45) is 0 Å². The number of nitro benzene ring substituents is 1. The van der Waals surface area contributed by atoms with Gasteiger partial charge in [0.15, 0.2) is 0 Å². The molecule has 1 aromatic carbocycles. The number of nitrogens with zero attached hydrogens (tertiary/aromatic N) is 1. The summed E-state index contributed by atoms with van der Waals surface area (Å²) < 4.78 is 4.60. The second kappa shape index (κ2) is 5.43. The summed E-state index contributed by atoms with van der Waals surface area (Å²) in [5.41, 5.74) is 0.0510. The molecule has 1 N–H and O–H groups in total. The Morgan fingerprint density at radius 2 is 2.31 bits per heavy atom. The van der Waals surface area contributed by atoms with E-state index in [1.54, 1.807) is 0 Å². The molecule has 0 aliphatic carbocycles. The predicted octanol–water partition coefficient (Wildman–Crippen LogP) is 1.83. The van der Waals surface area contributed by atoms with Gasteiger partial charge in [0.1, 0.15) is 6.61 Å². The lowest BCUT2D eigenvalue weighted by Crippen LogP contribution is -2.17. The average molecular weight is 245 g/mol. The first kappa shape index (κ1) is 12.4. The van der Waals surface area contributed by atoms with Crippen LogP contribution in [0.3, 0.4) is 0 Å². The predicted molar refractivity (Wildman–Crippen MR) is 58.6 cm³/mol. The Morgan fingerprint density at radius 1 is 1.62 bits per heavy atom. The van der Waals surface area contributed by atoms with E-state index in [0.29, 0.717) is 0 Å². The molecule has 0 heterocycles. The van der Waals surface area contributed by atoms with Crippen LogP contribution in [0, 0.1) is 10.1 Å². The number of nitrogens with one attached hydrogen (secondary N) is 1. The minimum Gasteiger partial charge on any atom is -0.375 e. The Morgan fingerprint density at radius 3 is 2.88 bits per heavy atom. The molecule has 7 heteroatoms. The number of ether oxygens (including phenoxy) is 1. The highest BCUT2D eigenvalue weighted by atomic mass is 35.5. The van der Waals surface area contributed by atoms with Gasteiger partial charge in [0.25, 0.3) is 5.69 Å². The molecule has 6 nitrogen and oxygen atoms in total. The van der Waals surface area contributed by atoms with Crippen molar-refractivity contribution >= 4 is 28.9 Å². The standard InChI is InChI=1S/C9H9ClN2O4/c1-16-5-9(13)11-8-4-6(12(14)15)2-3-7(8)10/h2-4H,5H2,1H3,(H,11,13). The minimum absolute atomic E-state index is 0.140. The van der Waals surface area contributed by atoms with Crippen LogP contribution in [-0.2, 0) is 9.53 Å². The molecule has 0 atom stereocenters. The maximum absolute atomic E-state index is 11.2. The van der Waals surface area contributed by atoms with E-state index < -0.39 is 10.8 Å². The molecule has 86 valence electrons. The van der Waals surface area contributed by atoms with Crippen LogP contribution in [0.1, 0.15) is 0 Å². The molecule has 0 aromatic heterocycles. The van der Waals surface area contributed by atoms with E-state index in [0.717, 1.165) is 0 Å². The Kier molecular flexibility index (Phi) is 4.21. The van der Waals surface area contributed by atoms with E-state index in [1.165, 1.54) is 25.3 Å². The summed E-state index contributed by atoms with van der Waals surface area (Å²) in [7, 11) is 1.37. The van der Waals surface area contributed by atoms with Crippen molar-refractivity contribution in [3.63, 3.8) is 0 Å². The van der Waals surface area contributed by atoms with Gasteiger partial charge in [-0.05, 0) is 6.07 Å². The van der Waals surface area contributed by atoms with Crippen LogP contribution in [0.5, 0.6) is 0 Å². The van der Waals surface area contributed by atoms with Crippen molar-refractivity contribution < 1.29 is 14.5 Å². The van der Waals surface area contributed by atoms with E-state index in [4.69, 9.17) is 11.6 Å². The smallest absolute Gasteiger partial charge is 0.271 e. The van der Waals surface area contributed by atoms with Crippen LogP contribution in [0.4, 0.5) is 11.4 Å². The van der Waals surface area contributed by atoms with Crippen molar-refractivity contribution in [1.82, 2.24) is 0 Å². The molecular weight excluding hydrogens is 236 g/mol. The highest BCUT2D eigenvalue weighted by Gasteiger charge is 2.11. The quantitative estimate of drug-likeness (QED) is 0.647. The van der Waals surface area contributed by atoms with Crippen molar-refractivity contribution in [3.05, 3.63) is 33.3 Å². The fraction of sp³-hybridized carbons (Fsp3) is 0.222. The molecule has 0 bridgehead atoms. The molecule has 0 spiro atoms. The first-order valence-electron chi connectivity index (χ1n) is 4.27. The zero-order valence-electron chi connectivity index (χ0n) is 8.40. The number of benzene rings is 1.